The van der Waals surface area contributed by atoms with Crippen LogP contribution >= 0.6 is 50.9 Å². The Kier molecular flexibility index (Phi) is 7.19. The quantitative estimate of drug-likeness (QED) is 0.392. The van der Waals surface area contributed by atoms with Gasteiger partial charge in [-0.15, -0.1) is 0 Å². The summed E-state index contributed by atoms with van der Waals surface area (Å²) in [6.07, 6.45) is -0.235. The van der Waals surface area contributed by atoms with Crippen LogP contribution in [-0.4, -0.2) is 15.5 Å². The fraction of sp³-hybridized carbons (Fsp3) is 1.00. The molecule has 104 valence electrons. The lowest BCUT2D eigenvalue weighted by atomic mass is 10.3. The minimum absolute atomic E-state index is 0.0373. The van der Waals surface area contributed by atoms with Crippen molar-refractivity contribution >= 4 is 50.9 Å². The topological polar surface area (TPSA) is 0 Å². The Hall–Kier alpha value is 2.25. The molecule has 0 N–H and O–H groups in total. The molecule has 0 aromatic heterocycles. The van der Waals surface area contributed by atoms with Crippen molar-refractivity contribution < 1.29 is 0 Å². The Morgan fingerprint density at radius 2 is 0.765 bits per heavy atom. The first-order chi connectivity index (χ1) is 7.19. The third-order valence-corrected chi connectivity index (χ3v) is 35.0. The van der Waals surface area contributed by atoms with Gasteiger partial charge in [0.05, 0.1) is 0 Å². The second-order valence-corrected chi connectivity index (χ2v) is 26.3. The Morgan fingerprint density at radius 1 is 0.529 bits per heavy atom. The summed E-state index contributed by atoms with van der Waals surface area (Å²) in [4.78, 5) is 0. The van der Waals surface area contributed by atoms with Crippen molar-refractivity contribution in [3.63, 3.8) is 0 Å². The van der Waals surface area contributed by atoms with Gasteiger partial charge in [-0.2, -0.15) is 0 Å². The molecule has 0 aromatic carbocycles. The van der Waals surface area contributed by atoms with E-state index in [-0.39, 0.29) is 19.9 Å². The van der Waals surface area contributed by atoms with Gasteiger partial charge in [-0.1, -0.05) is 93.3 Å². The second-order valence-electron chi connectivity index (χ2n) is 7.32. The van der Waals surface area contributed by atoms with E-state index in [1.165, 1.54) is 0 Å². The molecule has 0 aliphatic heterocycles. The third kappa shape index (κ3) is 6.04. The maximum Gasteiger partial charge on any atom is 0.000768 e. The summed E-state index contributed by atoms with van der Waals surface area (Å²) < 4.78 is 0. The highest BCUT2D eigenvalue weighted by atomic mass is 79.9. The minimum Gasteiger partial charge on any atom is -0.0555 e. The van der Waals surface area contributed by atoms with E-state index in [1.54, 1.807) is 0 Å². The molecule has 0 fully saturated rings. The molecule has 0 nitrogen and oxygen atoms in total. The predicted octanol–water partition coefficient (Wildman–Crippen LogP) is 8.28. The van der Waals surface area contributed by atoms with E-state index in [0.29, 0.717) is 15.5 Å². The van der Waals surface area contributed by atoms with Crippen LogP contribution in [0.5, 0.6) is 0 Å². The third-order valence-electron chi connectivity index (χ3n) is 2.04. The fourth-order valence-corrected chi connectivity index (χ4v) is 37.9. The van der Waals surface area contributed by atoms with Gasteiger partial charge in [0, 0.05) is 12.6 Å². The summed E-state index contributed by atoms with van der Waals surface area (Å²) in [5.74, 6) is 0. The van der Waals surface area contributed by atoms with Crippen molar-refractivity contribution in [3.8, 4) is 0 Å². The van der Waals surface area contributed by atoms with Gasteiger partial charge >= 0.3 is 0 Å². The average molecular weight is 424 g/mol. The Bertz CT molecular complexity index is 228. The van der Waals surface area contributed by atoms with Crippen LogP contribution in [-0.2, 0) is 0 Å². The SMILES string of the molecule is CC(C)(C)P(Br)P(P(Br)C(C)(C)C)C(C)(C)C. The van der Waals surface area contributed by atoms with Crippen LogP contribution in [0, 0.1) is 0 Å². The van der Waals surface area contributed by atoms with E-state index in [4.69, 9.17) is 0 Å². The zero-order valence-corrected chi connectivity index (χ0v) is 18.5. The smallest absolute Gasteiger partial charge is 0.000768 e. The van der Waals surface area contributed by atoms with Crippen molar-refractivity contribution in [3.05, 3.63) is 0 Å². The maximum absolute atomic E-state index is 4.07. The molecule has 0 amide bonds. The molecular formula is C12H27Br2P3. The molecule has 0 radical (unpaired) electrons. The van der Waals surface area contributed by atoms with Crippen molar-refractivity contribution in [2.45, 2.75) is 77.8 Å². The second kappa shape index (κ2) is 6.35. The number of halogens is 2. The Morgan fingerprint density at radius 3 is 0.882 bits per heavy atom. The Labute approximate surface area is 128 Å². The normalized spacial score (nSPS) is 19.9. The van der Waals surface area contributed by atoms with Gasteiger partial charge in [-0.3, -0.25) is 0 Å². The van der Waals surface area contributed by atoms with Gasteiger partial charge in [0.15, 0.2) is 0 Å². The van der Waals surface area contributed by atoms with Gasteiger partial charge in [-0.25, -0.2) is 0 Å². The van der Waals surface area contributed by atoms with Crippen molar-refractivity contribution in [2.24, 2.45) is 0 Å². The molecule has 0 heterocycles. The van der Waals surface area contributed by atoms with Crippen LogP contribution in [0.3, 0.4) is 0 Å². The zero-order chi connectivity index (χ0) is 14.2. The minimum atomic E-state index is -0.118. The lowest BCUT2D eigenvalue weighted by Gasteiger charge is -2.47. The maximum atomic E-state index is 4.07. The molecule has 0 aliphatic rings. The number of hydrogen-bond donors (Lipinski definition) is 0. The number of hydrogen-bond acceptors (Lipinski definition) is 0. The molecule has 0 saturated carbocycles. The van der Waals surface area contributed by atoms with Crippen molar-refractivity contribution in [1.82, 2.24) is 0 Å². The van der Waals surface area contributed by atoms with E-state index in [1.807, 2.05) is 0 Å². The zero-order valence-electron chi connectivity index (χ0n) is 12.6. The molecular weight excluding hydrogens is 397 g/mol. The average Bonchev–Trinajstić information content (AvgIpc) is 1.97. The van der Waals surface area contributed by atoms with Crippen LogP contribution < -0.4 is 0 Å². The molecule has 5 heteroatoms. The van der Waals surface area contributed by atoms with Gasteiger partial charge < -0.3 is 0 Å². The Balaban J connectivity index is 5.32. The van der Waals surface area contributed by atoms with Crippen LogP contribution in [0.2, 0.25) is 0 Å². The molecule has 2 atom stereocenters. The van der Waals surface area contributed by atoms with Crippen molar-refractivity contribution in [1.29, 1.82) is 0 Å². The molecule has 0 aliphatic carbocycles. The fourth-order valence-electron chi connectivity index (χ4n) is 1.16. The summed E-state index contributed by atoms with van der Waals surface area (Å²) in [7, 11) is -0.0373. The monoisotopic (exact) mass is 422 g/mol. The highest BCUT2D eigenvalue weighted by Crippen LogP contribution is 3.00. The first-order valence-corrected chi connectivity index (χ1v) is 15.4. The molecule has 0 aromatic rings. The van der Waals surface area contributed by atoms with Gasteiger partial charge in [-0.05, 0) is 22.8 Å². The van der Waals surface area contributed by atoms with Crippen LogP contribution in [0.1, 0.15) is 62.3 Å². The summed E-state index contributed by atoms with van der Waals surface area (Å²) in [5, 5.41) is 1.17. The standard InChI is InChI=1S/C12H27Br2P3/c1-10(2,3)15(13)17(12(7,8)9)16(14)11(4,5)6/h1-9H3. The summed E-state index contributed by atoms with van der Waals surface area (Å²) in [6.45, 7) is 21.4. The van der Waals surface area contributed by atoms with Gasteiger partial charge in [0.2, 0.25) is 0 Å². The lowest BCUT2D eigenvalue weighted by Crippen LogP contribution is -2.18. The molecule has 0 rings (SSSR count). The highest BCUT2D eigenvalue weighted by molar-refractivity contribution is 9.54. The van der Waals surface area contributed by atoms with Gasteiger partial charge in [0.1, 0.15) is 0 Å². The van der Waals surface area contributed by atoms with Crippen molar-refractivity contribution in [2.75, 3.05) is 0 Å². The van der Waals surface area contributed by atoms with E-state index >= 15 is 0 Å². The van der Waals surface area contributed by atoms with E-state index in [9.17, 15) is 0 Å². The van der Waals surface area contributed by atoms with E-state index < -0.39 is 0 Å². The molecule has 2 unspecified atom stereocenters. The van der Waals surface area contributed by atoms with Crippen LogP contribution in [0.25, 0.3) is 0 Å². The molecule has 0 saturated heterocycles. The first-order valence-electron chi connectivity index (χ1n) is 5.91. The molecule has 0 spiro atoms. The first kappa shape index (κ1) is 19.2. The van der Waals surface area contributed by atoms with E-state index in [0.717, 1.165) is 0 Å². The van der Waals surface area contributed by atoms with E-state index in [2.05, 4.69) is 93.3 Å². The van der Waals surface area contributed by atoms with Gasteiger partial charge in [0.25, 0.3) is 0 Å². The van der Waals surface area contributed by atoms with Crippen LogP contribution in [0.15, 0.2) is 0 Å². The largest absolute Gasteiger partial charge is 0.0555 e. The summed E-state index contributed by atoms with van der Waals surface area (Å²) >= 11 is 8.15. The highest BCUT2D eigenvalue weighted by Gasteiger charge is 2.44. The number of rotatable bonds is 2. The van der Waals surface area contributed by atoms with Crippen LogP contribution in [0.4, 0.5) is 0 Å². The lowest BCUT2D eigenvalue weighted by molar-refractivity contribution is 0.779. The molecule has 0 bridgehead atoms. The predicted molar refractivity (Wildman–Crippen MR) is 97.9 cm³/mol. The summed E-state index contributed by atoms with van der Waals surface area (Å²) in [5.41, 5.74) is 0. The summed E-state index contributed by atoms with van der Waals surface area (Å²) in [6, 6.07) is 0. The molecule has 17 heavy (non-hydrogen) atoms.